The average Bonchev–Trinajstić information content (AvgIpc) is 2.56. The van der Waals surface area contributed by atoms with E-state index in [1.54, 1.807) is 13.8 Å². The fraction of sp³-hybridized carbons (Fsp3) is 0.176. The van der Waals surface area contributed by atoms with Crippen molar-refractivity contribution in [2.45, 2.75) is 20.3 Å². The van der Waals surface area contributed by atoms with Crippen LogP contribution in [-0.2, 0) is 0 Å². The Morgan fingerprint density at radius 2 is 1.96 bits per heavy atom. The molecule has 130 valence electrons. The Morgan fingerprint density at radius 1 is 1.24 bits per heavy atom. The third-order valence-corrected chi connectivity index (χ3v) is 3.58. The lowest BCUT2D eigenvalue weighted by Crippen LogP contribution is -2.20. The molecular formula is C17H17N3O5. The number of benzene rings is 2. The summed E-state index contributed by atoms with van der Waals surface area (Å²) < 4.78 is 0. The van der Waals surface area contributed by atoms with Gasteiger partial charge in [0.15, 0.2) is 0 Å². The van der Waals surface area contributed by atoms with Gasteiger partial charge in [0.1, 0.15) is 11.5 Å². The average molecular weight is 343 g/mol. The minimum Gasteiger partial charge on any atom is -0.508 e. The Kier molecular flexibility index (Phi) is 5.33. The first-order chi connectivity index (χ1) is 11.8. The zero-order valence-corrected chi connectivity index (χ0v) is 13.7. The molecule has 2 aromatic rings. The number of aromatic hydroxyl groups is 2. The van der Waals surface area contributed by atoms with Crippen LogP contribution in [0.1, 0.15) is 34.8 Å². The molecule has 0 fully saturated rings. The topological polar surface area (TPSA) is 125 Å². The number of nitro benzene ring substituents is 1. The van der Waals surface area contributed by atoms with Crippen molar-refractivity contribution in [2.75, 3.05) is 0 Å². The Labute approximate surface area is 143 Å². The van der Waals surface area contributed by atoms with Crippen molar-refractivity contribution in [3.63, 3.8) is 0 Å². The molecule has 0 aliphatic carbocycles. The fourth-order valence-corrected chi connectivity index (χ4v) is 2.28. The molecule has 0 aromatic heterocycles. The molecule has 0 unspecified atom stereocenters. The SMILES string of the molecule is CC/C(=N\NC(=O)c1ccc([N+](=O)[O-])c(C)c1)c1ccc(O)cc1O. The Balaban J connectivity index is 2.22. The second-order valence-electron chi connectivity index (χ2n) is 5.31. The second-order valence-corrected chi connectivity index (χ2v) is 5.31. The van der Waals surface area contributed by atoms with Crippen molar-refractivity contribution in [1.82, 2.24) is 5.43 Å². The van der Waals surface area contributed by atoms with Gasteiger partial charge < -0.3 is 10.2 Å². The Bertz CT molecular complexity index is 861. The van der Waals surface area contributed by atoms with Crippen LogP contribution >= 0.6 is 0 Å². The molecule has 0 aliphatic heterocycles. The number of carbonyl (C=O) groups excluding carboxylic acids is 1. The van der Waals surface area contributed by atoms with Gasteiger partial charge in [0, 0.05) is 28.8 Å². The standard InChI is InChI=1S/C17H17N3O5/c1-3-14(13-6-5-12(21)9-16(13)22)18-19-17(23)11-4-7-15(20(24)25)10(2)8-11/h4-9,21-22H,3H2,1-2H3,(H,19,23)/b18-14+. The predicted octanol–water partition coefficient (Wildman–Crippen LogP) is 2.86. The number of nitrogens with zero attached hydrogens (tertiary/aromatic N) is 2. The van der Waals surface area contributed by atoms with Crippen LogP contribution in [0, 0.1) is 17.0 Å². The third-order valence-electron chi connectivity index (χ3n) is 3.58. The third kappa shape index (κ3) is 4.11. The number of rotatable bonds is 5. The van der Waals surface area contributed by atoms with Crippen molar-refractivity contribution in [3.05, 3.63) is 63.2 Å². The molecule has 1 amide bonds. The zero-order valence-electron chi connectivity index (χ0n) is 13.7. The normalized spacial score (nSPS) is 11.2. The van der Waals surface area contributed by atoms with Crippen LogP contribution in [0.25, 0.3) is 0 Å². The largest absolute Gasteiger partial charge is 0.508 e. The van der Waals surface area contributed by atoms with Crippen molar-refractivity contribution < 1.29 is 19.9 Å². The van der Waals surface area contributed by atoms with Crippen molar-refractivity contribution >= 4 is 17.3 Å². The van der Waals surface area contributed by atoms with Crippen LogP contribution in [0.3, 0.4) is 0 Å². The molecule has 8 nitrogen and oxygen atoms in total. The second kappa shape index (κ2) is 7.43. The maximum absolute atomic E-state index is 12.2. The number of hydrogen-bond donors (Lipinski definition) is 3. The number of amides is 1. The number of hydrogen-bond acceptors (Lipinski definition) is 6. The van der Waals surface area contributed by atoms with E-state index >= 15 is 0 Å². The zero-order chi connectivity index (χ0) is 18.6. The minimum absolute atomic E-state index is 0.0664. The van der Waals surface area contributed by atoms with Gasteiger partial charge in [-0.1, -0.05) is 6.92 Å². The first kappa shape index (κ1) is 17.9. The van der Waals surface area contributed by atoms with Crippen molar-refractivity contribution in [2.24, 2.45) is 5.10 Å². The summed E-state index contributed by atoms with van der Waals surface area (Å²) in [6.07, 6.45) is 0.428. The van der Waals surface area contributed by atoms with E-state index in [4.69, 9.17) is 0 Å². The van der Waals surface area contributed by atoms with E-state index < -0.39 is 10.8 Å². The number of nitrogens with one attached hydrogen (secondary N) is 1. The Hall–Kier alpha value is -3.42. The van der Waals surface area contributed by atoms with E-state index in [-0.39, 0.29) is 22.7 Å². The molecule has 0 saturated heterocycles. The van der Waals surface area contributed by atoms with E-state index in [1.807, 2.05) is 0 Å². The summed E-state index contributed by atoms with van der Waals surface area (Å²) in [5.74, 6) is -0.759. The molecule has 3 N–H and O–H groups in total. The smallest absolute Gasteiger partial charge is 0.272 e. The maximum Gasteiger partial charge on any atom is 0.272 e. The number of carbonyl (C=O) groups is 1. The highest BCUT2D eigenvalue weighted by molar-refractivity contribution is 6.04. The number of nitro groups is 1. The van der Waals surface area contributed by atoms with Gasteiger partial charge in [-0.05, 0) is 37.6 Å². The highest BCUT2D eigenvalue weighted by Crippen LogP contribution is 2.24. The van der Waals surface area contributed by atoms with Gasteiger partial charge in [-0.3, -0.25) is 14.9 Å². The van der Waals surface area contributed by atoms with Crippen LogP contribution in [0.4, 0.5) is 5.69 Å². The van der Waals surface area contributed by atoms with Crippen molar-refractivity contribution in [1.29, 1.82) is 0 Å². The van der Waals surface area contributed by atoms with Gasteiger partial charge in [-0.15, -0.1) is 0 Å². The van der Waals surface area contributed by atoms with Gasteiger partial charge in [-0.2, -0.15) is 5.10 Å². The van der Waals surface area contributed by atoms with Gasteiger partial charge in [-0.25, -0.2) is 5.43 Å². The van der Waals surface area contributed by atoms with Gasteiger partial charge in [0.25, 0.3) is 11.6 Å². The lowest BCUT2D eigenvalue weighted by Gasteiger charge is -2.08. The van der Waals surface area contributed by atoms with E-state index in [1.165, 1.54) is 36.4 Å². The number of phenols is 2. The summed E-state index contributed by atoms with van der Waals surface area (Å²) in [7, 11) is 0. The molecule has 2 aromatic carbocycles. The summed E-state index contributed by atoms with van der Waals surface area (Å²) in [6, 6.07) is 8.10. The molecule has 0 radical (unpaired) electrons. The summed E-state index contributed by atoms with van der Waals surface area (Å²) in [4.78, 5) is 22.5. The van der Waals surface area contributed by atoms with E-state index in [0.29, 0.717) is 23.3 Å². The monoisotopic (exact) mass is 343 g/mol. The van der Waals surface area contributed by atoms with Crippen LogP contribution in [-0.4, -0.2) is 26.8 Å². The maximum atomic E-state index is 12.2. The number of aryl methyl sites for hydroxylation is 1. The molecule has 0 bridgehead atoms. The van der Waals surface area contributed by atoms with Gasteiger partial charge in [0.05, 0.1) is 10.6 Å². The molecule has 0 heterocycles. The number of phenolic OH excluding ortho intramolecular Hbond substituents is 2. The highest BCUT2D eigenvalue weighted by Gasteiger charge is 2.14. The predicted molar refractivity (Wildman–Crippen MR) is 91.9 cm³/mol. The molecule has 0 atom stereocenters. The minimum atomic E-state index is -0.526. The lowest BCUT2D eigenvalue weighted by atomic mass is 10.1. The first-order valence-corrected chi connectivity index (χ1v) is 7.47. The molecule has 0 spiro atoms. The quantitative estimate of drug-likeness (QED) is 0.437. The number of hydrazone groups is 1. The van der Waals surface area contributed by atoms with E-state index in [2.05, 4.69) is 10.5 Å². The van der Waals surface area contributed by atoms with E-state index in [9.17, 15) is 25.1 Å². The lowest BCUT2D eigenvalue weighted by molar-refractivity contribution is -0.385. The molecule has 2 rings (SSSR count). The summed E-state index contributed by atoms with van der Waals surface area (Å²) >= 11 is 0. The summed E-state index contributed by atoms with van der Waals surface area (Å²) in [5, 5.41) is 34.0. The highest BCUT2D eigenvalue weighted by atomic mass is 16.6. The van der Waals surface area contributed by atoms with Gasteiger partial charge >= 0.3 is 0 Å². The summed E-state index contributed by atoms with van der Waals surface area (Å²) in [5.41, 5.74) is 3.72. The molecule has 25 heavy (non-hydrogen) atoms. The van der Waals surface area contributed by atoms with Crippen LogP contribution in [0.2, 0.25) is 0 Å². The fourth-order valence-electron chi connectivity index (χ4n) is 2.28. The molecule has 8 heteroatoms. The van der Waals surface area contributed by atoms with Crippen LogP contribution < -0.4 is 5.43 Å². The molecular weight excluding hydrogens is 326 g/mol. The van der Waals surface area contributed by atoms with Crippen molar-refractivity contribution in [3.8, 4) is 11.5 Å². The first-order valence-electron chi connectivity index (χ1n) is 7.47. The summed E-state index contributed by atoms with van der Waals surface area (Å²) in [6.45, 7) is 3.34. The van der Waals surface area contributed by atoms with Gasteiger partial charge in [0.2, 0.25) is 0 Å². The molecule has 0 saturated carbocycles. The van der Waals surface area contributed by atoms with E-state index in [0.717, 1.165) is 0 Å². The Morgan fingerprint density at radius 3 is 2.52 bits per heavy atom. The van der Waals surface area contributed by atoms with Crippen LogP contribution in [0.5, 0.6) is 11.5 Å². The van der Waals surface area contributed by atoms with Crippen LogP contribution in [0.15, 0.2) is 41.5 Å². The molecule has 0 aliphatic rings.